The predicted molar refractivity (Wildman–Crippen MR) is 64.0 cm³/mol. The SMILES string of the molecule is CN(C)C(C)(C)COC1(CCN)CCC1. The van der Waals surface area contributed by atoms with Gasteiger partial charge in [-0.05, 0) is 60.2 Å². The van der Waals surface area contributed by atoms with Crippen molar-refractivity contribution < 1.29 is 4.74 Å². The van der Waals surface area contributed by atoms with Gasteiger partial charge in [0.25, 0.3) is 0 Å². The molecule has 0 aromatic rings. The lowest BCUT2D eigenvalue weighted by atomic mass is 9.77. The van der Waals surface area contributed by atoms with Gasteiger partial charge >= 0.3 is 0 Å². The van der Waals surface area contributed by atoms with E-state index in [2.05, 4.69) is 32.8 Å². The molecule has 0 saturated heterocycles. The summed E-state index contributed by atoms with van der Waals surface area (Å²) in [5.74, 6) is 0. The Balaban J connectivity index is 2.40. The van der Waals surface area contributed by atoms with Crippen molar-refractivity contribution >= 4 is 0 Å². The van der Waals surface area contributed by atoms with Gasteiger partial charge in [0.05, 0.1) is 12.2 Å². The van der Waals surface area contributed by atoms with Crippen LogP contribution < -0.4 is 5.73 Å². The first-order valence-electron chi connectivity index (χ1n) is 5.93. The molecule has 0 amide bonds. The van der Waals surface area contributed by atoms with Gasteiger partial charge in [0.15, 0.2) is 0 Å². The minimum atomic E-state index is 0.108. The van der Waals surface area contributed by atoms with Crippen molar-refractivity contribution in [2.24, 2.45) is 5.73 Å². The van der Waals surface area contributed by atoms with E-state index >= 15 is 0 Å². The molecule has 15 heavy (non-hydrogen) atoms. The third kappa shape index (κ3) is 3.16. The third-order valence-corrected chi connectivity index (χ3v) is 3.81. The van der Waals surface area contributed by atoms with Crippen molar-refractivity contribution in [3.05, 3.63) is 0 Å². The molecule has 3 nitrogen and oxygen atoms in total. The molecule has 0 heterocycles. The number of nitrogens with two attached hydrogens (primary N) is 1. The molecule has 0 aliphatic heterocycles. The van der Waals surface area contributed by atoms with Crippen LogP contribution in [0, 0.1) is 0 Å². The molecule has 0 spiro atoms. The third-order valence-electron chi connectivity index (χ3n) is 3.81. The first-order valence-corrected chi connectivity index (χ1v) is 5.93. The molecule has 1 rings (SSSR count). The van der Waals surface area contributed by atoms with E-state index in [1.807, 2.05) is 0 Å². The van der Waals surface area contributed by atoms with Crippen LogP contribution in [0.5, 0.6) is 0 Å². The van der Waals surface area contributed by atoms with Crippen LogP contribution in [0.25, 0.3) is 0 Å². The number of likely N-dealkylation sites (N-methyl/N-ethyl adjacent to an activating group) is 1. The van der Waals surface area contributed by atoms with Crippen molar-refractivity contribution in [1.29, 1.82) is 0 Å². The fourth-order valence-corrected chi connectivity index (χ4v) is 1.76. The fraction of sp³-hybridized carbons (Fsp3) is 1.00. The minimum Gasteiger partial charge on any atom is -0.373 e. The second-order valence-corrected chi connectivity index (χ2v) is 5.57. The van der Waals surface area contributed by atoms with Gasteiger partial charge in [0.1, 0.15) is 0 Å². The summed E-state index contributed by atoms with van der Waals surface area (Å²) in [4.78, 5) is 2.21. The average molecular weight is 214 g/mol. The molecule has 0 aromatic carbocycles. The Morgan fingerprint density at radius 2 is 1.93 bits per heavy atom. The predicted octanol–water partition coefficient (Wildman–Crippen LogP) is 1.61. The van der Waals surface area contributed by atoms with E-state index in [0.29, 0.717) is 0 Å². The van der Waals surface area contributed by atoms with Crippen LogP contribution in [0.2, 0.25) is 0 Å². The summed E-state index contributed by atoms with van der Waals surface area (Å²) in [6.07, 6.45) is 4.68. The maximum Gasteiger partial charge on any atom is 0.0695 e. The van der Waals surface area contributed by atoms with Crippen LogP contribution in [-0.2, 0) is 4.74 Å². The van der Waals surface area contributed by atoms with Crippen molar-refractivity contribution in [2.45, 2.75) is 50.7 Å². The normalized spacial score (nSPS) is 20.4. The lowest BCUT2D eigenvalue weighted by Gasteiger charge is -2.44. The number of ether oxygens (including phenoxy) is 1. The van der Waals surface area contributed by atoms with Crippen LogP contribution in [0.4, 0.5) is 0 Å². The topological polar surface area (TPSA) is 38.5 Å². The van der Waals surface area contributed by atoms with E-state index in [0.717, 1.165) is 19.6 Å². The fourth-order valence-electron chi connectivity index (χ4n) is 1.76. The van der Waals surface area contributed by atoms with Crippen LogP contribution in [0.1, 0.15) is 39.5 Å². The van der Waals surface area contributed by atoms with Crippen molar-refractivity contribution in [3.63, 3.8) is 0 Å². The standard InChI is InChI=1S/C12H26N2O/c1-11(2,14(3)4)10-15-12(8-9-13)6-5-7-12/h5-10,13H2,1-4H3. The van der Waals surface area contributed by atoms with Crippen LogP contribution in [0.3, 0.4) is 0 Å². The van der Waals surface area contributed by atoms with E-state index in [1.165, 1.54) is 19.3 Å². The number of nitrogens with zero attached hydrogens (tertiary/aromatic N) is 1. The maximum atomic E-state index is 6.11. The molecule has 90 valence electrons. The summed E-state index contributed by atoms with van der Waals surface area (Å²) >= 11 is 0. The van der Waals surface area contributed by atoms with E-state index in [9.17, 15) is 0 Å². The van der Waals surface area contributed by atoms with Crippen molar-refractivity contribution in [3.8, 4) is 0 Å². The molecule has 0 radical (unpaired) electrons. The Hall–Kier alpha value is -0.120. The summed E-state index contributed by atoms with van der Waals surface area (Å²) < 4.78 is 6.11. The Kier molecular flexibility index (Phi) is 4.15. The van der Waals surface area contributed by atoms with Gasteiger partial charge in [-0.25, -0.2) is 0 Å². The highest BCUT2D eigenvalue weighted by atomic mass is 16.5. The first kappa shape index (κ1) is 12.9. The molecule has 1 aliphatic rings. The molecule has 2 N–H and O–H groups in total. The number of hydrogen-bond acceptors (Lipinski definition) is 3. The van der Waals surface area contributed by atoms with E-state index in [1.54, 1.807) is 0 Å². The molecule has 1 aliphatic carbocycles. The molecule has 0 unspecified atom stereocenters. The van der Waals surface area contributed by atoms with Crippen molar-refractivity contribution in [1.82, 2.24) is 4.90 Å². The van der Waals surface area contributed by atoms with Gasteiger partial charge in [-0.3, -0.25) is 0 Å². The quantitative estimate of drug-likeness (QED) is 0.730. The Labute approximate surface area is 94.0 Å². The summed E-state index contributed by atoms with van der Waals surface area (Å²) in [6.45, 7) is 5.95. The smallest absolute Gasteiger partial charge is 0.0695 e. The first-order chi connectivity index (χ1) is 6.92. The van der Waals surface area contributed by atoms with Gasteiger partial charge in [-0.2, -0.15) is 0 Å². The summed E-state index contributed by atoms with van der Waals surface area (Å²) in [5, 5.41) is 0. The minimum absolute atomic E-state index is 0.108. The largest absolute Gasteiger partial charge is 0.373 e. The van der Waals surface area contributed by atoms with Crippen LogP contribution >= 0.6 is 0 Å². The van der Waals surface area contributed by atoms with Gasteiger partial charge in [-0.15, -0.1) is 0 Å². The molecule has 1 fully saturated rings. The molecular formula is C12H26N2O. The highest BCUT2D eigenvalue weighted by Gasteiger charge is 2.38. The van der Waals surface area contributed by atoms with Gasteiger partial charge in [0.2, 0.25) is 0 Å². The lowest BCUT2D eigenvalue weighted by molar-refractivity contribution is -0.129. The summed E-state index contributed by atoms with van der Waals surface area (Å²) in [6, 6.07) is 0. The second kappa shape index (κ2) is 4.81. The Morgan fingerprint density at radius 3 is 2.27 bits per heavy atom. The monoisotopic (exact) mass is 214 g/mol. The van der Waals surface area contributed by atoms with E-state index in [-0.39, 0.29) is 11.1 Å². The zero-order valence-corrected chi connectivity index (χ0v) is 10.7. The molecule has 0 atom stereocenters. The van der Waals surface area contributed by atoms with Gasteiger partial charge in [-0.1, -0.05) is 0 Å². The average Bonchev–Trinajstić information content (AvgIpc) is 2.09. The highest BCUT2D eigenvalue weighted by molar-refractivity contribution is 4.91. The molecule has 0 bridgehead atoms. The van der Waals surface area contributed by atoms with Gasteiger partial charge < -0.3 is 15.4 Å². The number of rotatable bonds is 6. The maximum absolute atomic E-state index is 6.11. The van der Waals surface area contributed by atoms with Crippen molar-refractivity contribution in [2.75, 3.05) is 27.2 Å². The van der Waals surface area contributed by atoms with E-state index in [4.69, 9.17) is 10.5 Å². The zero-order valence-electron chi connectivity index (χ0n) is 10.7. The second-order valence-electron chi connectivity index (χ2n) is 5.57. The summed E-state index contributed by atoms with van der Waals surface area (Å²) in [5.41, 5.74) is 5.85. The molecular weight excluding hydrogens is 188 g/mol. The number of hydrogen-bond donors (Lipinski definition) is 1. The zero-order chi connectivity index (χ0) is 11.5. The molecule has 3 heteroatoms. The molecule has 0 aromatic heterocycles. The van der Waals surface area contributed by atoms with Crippen LogP contribution in [-0.4, -0.2) is 43.3 Å². The van der Waals surface area contributed by atoms with Crippen LogP contribution in [0.15, 0.2) is 0 Å². The Bertz CT molecular complexity index is 198. The lowest BCUT2D eigenvalue weighted by Crippen LogP contribution is -2.49. The Morgan fingerprint density at radius 1 is 1.33 bits per heavy atom. The van der Waals surface area contributed by atoms with E-state index < -0.39 is 0 Å². The molecule has 1 saturated carbocycles. The summed E-state index contributed by atoms with van der Waals surface area (Å²) in [7, 11) is 4.19. The highest BCUT2D eigenvalue weighted by Crippen LogP contribution is 2.38. The van der Waals surface area contributed by atoms with Gasteiger partial charge in [0, 0.05) is 5.54 Å².